The molecule has 1 aromatic rings. The Hall–Kier alpha value is -2.28. The summed E-state index contributed by atoms with van der Waals surface area (Å²) in [5, 5.41) is 0. The summed E-state index contributed by atoms with van der Waals surface area (Å²) in [4.78, 5) is 26.1. The minimum absolute atomic E-state index is 0.0289. The van der Waals surface area contributed by atoms with Crippen LogP contribution in [0.5, 0.6) is 11.5 Å². The highest BCUT2D eigenvalue weighted by molar-refractivity contribution is 5.92. The molecule has 0 aromatic heterocycles. The fourth-order valence-corrected chi connectivity index (χ4v) is 2.75. The Kier molecular flexibility index (Phi) is 6.64. The zero-order chi connectivity index (χ0) is 18.4. The topological polar surface area (TPSA) is 74.3 Å². The number of hydrogen-bond acceptors (Lipinski definition) is 6. The van der Waals surface area contributed by atoms with E-state index >= 15 is 0 Å². The first-order valence-corrected chi connectivity index (χ1v) is 8.35. The lowest BCUT2D eigenvalue weighted by Gasteiger charge is -2.35. The molecule has 1 heterocycles. The van der Waals surface area contributed by atoms with Crippen molar-refractivity contribution in [2.24, 2.45) is 0 Å². The van der Waals surface area contributed by atoms with Gasteiger partial charge in [-0.1, -0.05) is 0 Å². The van der Waals surface area contributed by atoms with Gasteiger partial charge in [-0.25, -0.2) is 4.79 Å². The van der Waals surface area contributed by atoms with Crippen LogP contribution in [0.1, 0.15) is 31.1 Å². The molecule has 0 N–H and O–H groups in total. The van der Waals surface area contributed by atoms with E-state index in [0.29, 0.717) is 36.8 Å². The Morgan fingerprint density at radius 1 is 1.20 bits per heavy atom. The van der Waals surface area contributed by atoms with E-state index in [1.165, 1.54) is 13.2 Å². The molecule has 0 radical (unpaired) electrons. The zero-order valence-corrected chi connectivity index (χ0v) is 15.1. The molecule has 138 valence electrons. The van der Waals surface area contributed by atoms with Gasteiger partial charge >= 0.3 is 5.97 Å². The Morgan fingerprint density at radius 3 is 2.48 bits per heavy atom. The molecule has 1 fully saturated rings. The summed E-state index contributed by atoms with van der Waals surface area (Å²) in [7, 11) is 1.50. The van der Waals surface area contributed by atoms with E-state index in [2.05, 4.69) is 0 Å². The second-order valence-electron chi connectivity index (χ2n) is 5.93. The van der Waals surface area contributed by atoms with E-state index < -0.39 is 5.97 Å². The quantitative estimate of drug-likeness (QED) is 0.729. The van der Waals surface area contributed by atoms with Crippen molar-refractivity contribution in [2.75, 3.05) is 33.4 Å². The lowest BCUT2D eigenvalue weighted by molar-refractivity contribution is -0.146. The van der Waals surface area contributed by atoms with Crippen molar-refractivity contribution in [3.63, 3.8) is 0 Å². The van der Waals surface area contributed by atoms with Gasteiger partial charge in [-0.2, -0.15) is 0 Å². The first-order valence-electron chi connectivity index (χ1n) is 8.35. The Bertz CT molecular complexity index is 608. The number of nitrogens with zero attached hydrogens (tertiary/aromatic N) is 1. The summed E-state index contributed by atoms with van der Waals surface area (Å²) in [6.45, 7) is 6.87. The third-order valence-electron chi connectivity index (χ3n) is 3.80. The first kappa shape index (κ1) is 19.1. The summed E-state index contributed by atoms with van der Waals surface area (Å²) in [5.41, 5.74) is 0.303. The number of hydrogen-bond donors (Lipinski definition) is 0. The average Bonchev–Trinajstić information content (AvgIpc) is 2.59. The van der Waals surface area contributed by atoms with Gasteiger partial charge in [0.25, 0.3) is 5.91 Å². The maximum absolute atomic E-state index is 12.2. The monoisotopic (exact) mass is 351 g/mol. The second kappa shape index (κ2) is 8.71. The number of benzene rings is 1. The van der Waals surface area contributed by atoms with E-state index in [-0.39, 0.29) is 24.7 Å². The van der Waals surface area contributed by atoms with Crippen LogP contribution in [0.25, 0.3) is 0 Å². The Morgan fingerprint density at radius 2 is 1.88 bits per heavy atom. The van der Waals surface area contributed by atoms with E-state index in [1.54, 1.807) is 17.0 Å². The van der Waals surface area contributed by atoms with Crippen LogP contribution in [0.2, 0.25) is 0 Å². The van der Waals surface area contributed by atoms with Gasteiger partial charge in [-0.3, -0.25) is 4.79 Å². The van der Waals surface area contributed by atoms with E-state index in [4.69, 9.17) is 18.9 Å². The van der Waals surface area contributed by atoms with E-state index in [0.717, 1.165) is 0 Å². The molecule has 1 aliphatic heterocycles. The molecule has 1 amide bonds. The van der Waals surface area contributed by atoms with Crippen LogP contribution in [-0.2, 0) is 14.3 Å². The second-order valence-corrected chi connectivity index (χ2v) is 5.93. The molecule has 0 spiro atoms. The smallest absolute Gasteiger partial charge is 0.338 e. The summed E-state index contributed by atoms with van der Waals surface area (Å²) in [6, 6.07) is 4.77. The van der Waals surface area contributed by atoms with Crippen molar-refractivity contribution in [3.8, 4) is 11.5 Å². The molecular weight excluding hydrogens is 326 g/mol. The minimum atomic E-state index is -0.580. The normalized spacial score (nSPS) is 20.1. The summed E-state index contributed by atoms with van der Waals surface area (Å²) in [5.74, 6) is 0.185. The molecule has 0 saturated carbocycles. The van der Waals surface area contributed by atoms with Crippen molar-refractivity contribution >= 4 is 11.9 Å². The summed E-state index contributed by atoms with van der Waals surface area (Å²) >= 11 is 0. The molecule has 0 unspecified atom stereocenters. The molecule has 2 rings (SSSR count). The van der Waals surface area contributed by atoms with Gasteiger partial charge in [0, 0.05) is 13.1 Å². The van der Waals surface area contributed by atoms with E-state index in [9.17, 15) is 9.59 Å². The van der Waals surface area contributed by atoms with Gasteiger partial charge in [-0.05, 0) is 39.0 Å². The maximum Gasteiger partial charge on any atom is 0.338 e. The van der Waals surface area contributed by atoms with Gasteiger partial charge < -0.3 is 23.8 Å². The molecule has 0 aliphatic carbocycles. The number of methoxy groups -OCH3 is 1. The number of esters is 1. The van der Waals surface area contributed by atoms with Gasteiger partial charge in [0.15, 0.2) is 18.1 Å². The molecule has 2 atom stereocenters. The minimum Gasteiger partial charge on any atom is -0.493 e. The number of amides is 1. The fraction of sp³-hybridized carbons (Fsp3) is 0.556. The molecule has 1 aromatic carbocycles. The van der Waals surface area contributed by atoms with Crippen LogP contribution in [0.4, 0.5) is 0 Å². The van der Waals surface area contributed by atoms with Crippen molar-refractivity contribution in [3.05, 3.63) is 23.8 Å². The number of rotatable bonds is 6. The maximum atomic E-state index is 12.2. The third-order valence-corrected chi connectivity index (χ3v) is 3.80. The van der Waals surface area contributed by atoms with Crippen LogP contribution in [0.15, 0.2) is 18.2 Å². The van der Waals surface area contributed by atoms with Crippen LogP contribution in [0, 0.1) is 0 Å². The van der Waals surface area contributed by atoms with Crippen molar-refractivity contribution in [1.29, 1.82) is 0 Å². The van der Waals surface area contributed by atoms with Gasteiger partial charge in [0.05, 0.1) is 31.5 Å². The van der Waals surface area contributed by atoms with Crippen molar-refractivity contribution < 1.29 is 28.5 Å². The molecule has 7 heteroatoms. The predicted molar refractivity (Wildman–Crippen MR) is 91.0 cm³/mol. The molecule has 0 bridgehead atoms. The molecule has 1 aliphatic rings. The zero-order valence-electron chi connectivity index (χ0n) is 15.1. The average molecular weight is 351 g/mol. The third kappa shape index (κ3) is 5.09. The van der Waals surface area contributed by atoms with Crippen molar-refractivity contribution in [1.82, 2.24) is 4.90 Å². The van der Waals surface area contributed by atoms with Gasteiger partial charge in [0.1, 0.15) is 0 Å². The largest absolute Gasteiger partial charge is 0.493 e. The fourth-order valence-electron chi connectivity index (χ4n) is 2.75. The summed E-state index contributed by atoms with van der Waals surface area (Å²) in [6.07, 6.45) is -0.0578. The standard InChI is InChI=1S/C18H25NO6/c1-5-23-15-7-6-14(8-16(15)22-4)18(21)24-11-17(20)19-9-12(2)25-13(3)10-19/h6-8,12-13H,5,9-11H2,1-4H3/t12-,13-/m0/s1. The molecule has 1 saturated heterocycles. The van der Waals surface area contributed by atoms with Crippen LogP contribution >= 0.6 is 0 Å². The predicted octanol–water partition coefficient (Wildman–Crippen LogP) is 1.89. The SMILES string of the molecule is CCOc1ccc(C(=O)OCC(=O)N2C[C@H](C)O[C@@H](C)C2)cc1OC. The van der Waals surface area contributed by atoms with E-state index in [1.807, 2.05) is 20.8 Å². The molecular formula is C18H25NO6. The van der Waals surface area contributed by atoms with Crippen LogP contribution in [-0.4, -0.2) is 62.4 Å². The number of ether oxygens (including phenoxy) is 4. The lowest BCUT2D eigenvalue weighted by atomic mass is 10.2. The highest BCUT2D eigenvalue weighted by Crippen LogP contribution is 2.28. The molecule has 7 nitrogen and oxygen atoms in total. The van der Waals surface area contributed by atoms with Crippen LogP contribution < -0.4 is 9.47 Å². The molecule has 25 heavy (non-hydrogen) atoms. The van der Waals surface area contributed by atoms with Crippen LogP contribution in [0.3, 0.4) is 0 Å². The number of morpholine rings is 1. The highest BCUT2D eigenvalue weighted by Gasteiger charge is 2.26. The Balaban J connectivity index is 1.94. The number of carbonyl (C=O) groups excluding carboxylic acids is 2. The number of carbonyl (C=O) groups is 2. The lowest BCUT2D eigenvalue weighted by Crippen LogP contribution is -2.49. The van der Waals surface area contributed by atoms with Gasteiger partial charge in [0.2, 0.25) is 0 Å². The summed E-state index contributed by atoms with van der Waals surface area (Å²) < 4.78 is 21.4. The van der Waals surface area contributed by atoms with Crippen molar-refractivity contribution in [2.45, 2.75) is 33.0 Å². The first-order chi connectivity index (χ1) is 11.9. The Labute approximate surface area is 147 Å². The van der Waals surface area contributed by atoms with Gasteiger partial charge in [-0.15, -0.1) is 0 Å². The highest BCUT2D eigenvalue weighted by atomic mass is 16.5.